The Morgan fingerprint density at radius 1 is 1.46 bits per heavy atom. The average molecular weight is 403 g/mol. The first-order chi connectivity index (χ1) is 13.4. The highest BCUT2D eigenvalue weighted by atomic mass is 32.1. The number of nitrogens with zero attached hydrogens (tertiary/aromatic N) is 4. The van der Waals surface area contributed by atoms with E-state index in [1.165, 1.54) is 18.3 Å². The van der Waals surface area contributed by atoms with Gasteiger partial charge >= 0.3 is 0 Å². The SMILES string of the molecule is CC(=O)Nc1nc(F)c(CN2CC(Oc3ccc4cn(C)nc4c3)CC2C)s1. The number of nitrogens with one attached hydrogen (secondary N) is 1. The molecule has 3 aromatic rings. The molecule has 1 aliphatic rings. The van der Waals surface area contributed by atoms with Crippen molar-refractivity contribution in [3.63, 3.8) is 0 Å². The van der Waals surface area contributed by atoms with Crippen LogP contribution in [0.2, 0.25) is 0 Å². The Bertz CT molecular complexity index is 1020. The van der Waals surface area contributed by atoms with E-state index in [1.54, 1.807) is 4.68 Å². The number of thiazole rings is 1. The lowest BCUT2D eigenvalue weighted by atomic mass is 10.2. The number of carbonyl (C=O) groups excluding carboxylic acids is 1. The lowest BCUT2D eigenvalue weighted by Gasteiger charge is -2.19. The molecule has 28 heavy (non-hydrogen) atoms. The number of carbonyl (C=O) groups is 1. The molecule has 1 saturated heterocycles. The van der Waals surface area contributed by atoms with Crippen LogP contribution in [0.4, 0.5) is 9.52 Å². The van der Waals surface area contributed by atoms with Crippen LogP contribution in [-0.4, -0.2) is 44.3 Å². The van der Waals surface area contributed by atoms with E-state index in [1.807, 2.05) is 31.4 Å². The van der Waals surface area contributed by atoms with Crippen molar-refractivity contribution in [1.29, 1.82) is 0 Å². The van der Waals surface area contributed by atoms with E-state index < -0.39 is 5.95 Å². The molecule has 0 spiro atoms. The normalized spacial score (nSPS) is 20.0. The number of halogens is 1. The van der Waals surface area contributed by atoms with Crippen molar-refractivity contribution in [3.05, 3.63) is 35.2 Å². The highest BCUT2D eigenvalue weighted by Gasteiger charge is 2.31. The molecule has 9 heteroatoms. The van der Waals surface area contributed by atoms with Crippen LogP contribution >= 0.6 is 11.3 Å². The van der Waals surface area contributed by atoms with Crippen LogP contribution in [0.15, 0.2) is 24.4 Å². The maximum atomic E-state index is 14.1. The Kier molecular flexibility index (Phi) is 5.03. The average Bonchev–Trinajstić information content (AvgIpc) is 3.24. The predicted molar refractivity (Wildman–Crippen MR) is 106 cm³/mol. The van der Waals surface area contributed by atoms with Crippen molar-refractivity contribution in [2.24, 2.45) is 7.05 Å². The highest BCUT2D eigenvalue weighted by molar-refractivity contribution is 7.15. The van der Waals surface area contributed by atoms with Crippen LogP contribution in [0.1, 0.15) is 25.1 Å². The van der Waals surface area contributed by atoms with Crippen molar-refractivity contribution < 1.29 is 13.9 Å². The second-order valence-corrected chi connectivity index (χ2v) is 8.28. The minimum atomic E-state index is -0.522. The fourth-order valence-corrected chi connectivity index (χ4v) is 4.47. The van der Waals surface area contributed by atoms with Crippen LogP contribution in [0.5, 0.6) is 5.75 Å². The first-order valence-electron chi connectivity index (χ1n) is 9.14. The van der Waals surface area contributed by atoms with Crippen LogP contribution in [0, 0.1) is 5.95 Å². The number of aromatic nitrogens is 3. The van der Waals surface area contributed by atoms with Gasteiger partial charge in [0.15, 0.2) is 5.13 Å². The van der Waals surface area contributed by atoms with Gasteiger partial charge in [0.1, 0.15) is 11.9 Å². The molecule has 7 nitrogen and oxygen atoms in total. The van der Waals surface area contributed by atoms with Gasteiger partial charge in [-0.05, 0) is 19.1 Å². The molecule has 2 unspecified atom stereocenters. The van der Waals surface area contributed by atoms with Crippen molar-refractivity contribution in [1.82, 2.24) is 19.7 Å². The molecule has 0 aliphatic carbocycles. The van der Waals surface area contributed by atoms with Crippen molar-refractivity contribution in [3.8, 4) is 5.75 Å². The predicted octanol–water partition coefficient (Wildman–Crippen LogP) is 3.17. The van der Waals surface area contributed by atoms with E-state index >= 15 is 0 Å². The molecule has 0 bridgehead atoms. The molecule has 2 aromatic heterocycles. The lowest BCUT2D eigenvalue weighted by molar-refractivity contribution is -0.114. The van der Waals surface area contributed by atoms with Gasteiger partial charge in [0, 0.05) is 57.2 Å². The van der Waals surface area contributed by atoms with Crippen LogP contribution in [-0.2, 0) is 18.4 Å². The van der Waals surface area contributed by atoms with Gasteiger partial charge in [0.05, 0.1) is 10.4 Å². The summed E-state index contributed by atoms with van der Waals surface area (Å²) in [6.45, 7) is 4.64. The van der Waals surface area contributed by atoms with Gasteiger partial charge in [-0.25, -0.2) is 0 Å². The van der Waals surface area contributed by atoms with Gasteiger partial charge < -0.3 is 10.1 Å². The van der Waals surface area contributed by atoms with Gasteiger partial charge in [-0.15, -0.1) is 0 Å². The summed E-state index contributed by atoms with van der Waals surface area (Å²) in [5.41, 5.74) is 0.903. The van der Waals surface area contributed by atoms with Gasteiger partial charge in [-0.1, -0.05) is 11.3 Å². The van der Waals surface area contributed by atoms with E-state index in [0.29, 0.717) is 23.1 Å². The molecule has 1 aliphatic heterocycles. The molecule has 0 saturated carbocycles. The zero-order valence-electron chi connectivity index (χ0n) is 16.0. The smallest absolute Gasteiger partial charge is 0.230 e. The molecule has 2 atom stereocenters. The lowest BCUT2D eigenvalue weighted by Crippen LogP contribution is -2.28. The van der Waals surface area contributed by atoms with Gasteiger partial charge in [0.2, 0.25) is 11.9 Å². The summed E-state index contributed by atoms with van der Waals surface area (Å²) in [6.07, 6.45) is 2.86. The number of amides is 1. The molecule has 1 fully saturated rings. The zero-order chi connectivity index (χ0) is 19.8. The Labute approximate surface area is 166 Å². The maximum absolute atomic E-state index is 14.1. The Hall–Kier alpha value is -2.52. The summed E-state index contributed by atoms with van der Waals surface area (Å²) >= 11 is 1.17. The molecule has 1 aromatic carbocycles. The number of aryl methyl sites for hydroxylation is 1. The van der Waals surface area contributed by atoms with E-state index in [9.17, 15) is 9.18 Å². The van der Waals surface area contributed by atoms with E-state index in [-0.39, 0.29) is 18.1 Å². The number of likely N-dealkylation sites (tertiary alicyclic amines) is 1. The quantitative estimate of drug-likeness (QED) is 0.708. The highest BCUT2D eigenvalue weighted by Crippen LogP contribution is 2.29. The molecular weight excluding hydrogens is 381 g/mol. The van der Waals surface area contributed by atoms with Gasteiger partial charge in [-0.2, -0.15) is 14.5 Å². The summed E-state index contributed by atoms with van der Waals surface area (Å²) in [4.78, 5) is 17.6. The Morgan fingerprint density at radius 3 is 3.07 bits per heavy atom. The summed E-state index contributed by atoms with van der Waals surface area (Å²) in [7, 11) is 1.90. The van der Waals surface area contributed by atoms with Crippen molar-refractivity contribution >= 4 is 33.3 Å². The van der Waals surface area contributed by atoms with Crippen molar-refractivity contribution in [2.45, 2.75) is 39.0 Å². The third-order valence-electron chi connectivity index (χ3n) is 4.84. The summed E-state index contributed by atoms with van der Waals surface area (Å²) in [5.74, 6) is 0.0151. The topological polar surface area (TPSA) is 72.3 Å². The van der Waals surface area contributed by atoms with E-state index in [4.69, 9.17) is 4.74 Å². The number of anilines is 1. The fraction of sp³-hybridized carbons (Fsp3) is 0.421. The van der Waals surface area contributed by atoms with E-state index in [2.05, 4.69) is 27.2 Å². The second-order valence-electron chi connectivity index (χ2n) is 7.19. The van der Waals surface area contributed by atoms with Crippen LogP contribution < -0.4 is 10.1 Å². The summed E-state index contributed by atoms with van der Waals surface area (Å²) < 4.78 is 22.1. The third-order valence-corrected chi connectivity index (χ3v) is 5.77. The first kappa shape index (κ1) is 18.8. The van der Waals surface area contributed by atoms with Crippen LogP contribution in [0.25, 0.3) is 10.9 Å². The minimum absolute atomic E-state index is 0.0296. The third kappa shape index (κ3) is 4.00. The standard InChI is InChI=1S/C19H22FN5O2S/c1-11-6-15(27-14-5-4-13-8-24(3)23-16(13)7-14)9-25(11)10-17-18(20)22-19(28-17)21-12(2)26/h4-5,7-8,11,15H,6,9-10H2,1-3H3,(H,21,22,26). The zero-order valence-corrected chi connectivity index (χ0v) is 16.8. The van der Waals surface area contributed by atoms with Gasteiger partial charge in [0.25, 0.3) is 0 Å². The second kappa shape index (κ2) is 7.48. The number of hydrogen-bond donors (Lipinski definition) is 1. The largest absolute Gasteiger partial charge is 0.489 e. The number of ether oxygens (including phenoxy) is 1. The Morgan fingerprint density at radius 2 is 2.29 bits per heavy atom. The van der Waals surface area contributed by atoms with Crippen LogP contribution in [0.3, 0.4) is 0 Å². The molecule has 0 radical (unpaired) electrons. The van der Waals surface area contributed by atoms with Gasteiger partial charge in [-0.3, -0.25) is 14.4 Å². The molecule has 1 N–H and O–H groups in total. The van der Waals surface area contributed by atoms with E-state index in [0.717, 1.165) is 23.1 Å². The first-order valence-corrected chi connectivity index (χ1v) is 9.96. The summed E-state index contributed by atoms with van der Waals surface area (Å²) in [5, 5.41) is 8.32. The minimum Gasteiger partial charge on any atom is -0.489 e. The number of fused-ring (bicyclic) bond motifs is 1. The number of hydrogen-bond acceptors (Lipinski definition) is 6. The number of benzene rings is 1. The molecule has 3 heterocycles. The summed E-state index contributed by atoms with van der Waals surface area (Å²) in [6, 6.07) is 6.17. The number of rotatable bonds is 5. The molecule has 4 rings (SSSR count). The Balaban J connectivity index is 1.41. The monoisotopic (exact) mass is 403 g/mol. The molecular formula is C19H22FN5O2S. The molecule has 148 valence electrons. The molecule has 1 amide bonds. The maximum Gasteiger partial charge on any atom is 0.230 e. The fourth-order valence-electron chi connectivity index (χ4n) is 3.56. The van der Waals surface area contributed by atoms with Crippen molar-refractivity contribution in [2.75, 3.05) is 11.9 Å².